The fourth-order valence-electron chi connectivity index (χ4n) is 5.43. The molecule has 8 nitrogen and oxygen atoms in total. The third kappa shape index (κ3) is 5.10. The van der Waals surface area contributed by atoms with E-state index in [2.05, 4.69) is 36.3 Å². The van der Waals surface area contributed by atoms with Crippen LogP contribution < -0.4 is 10.6 Å². The van der Waals surface area contributed by atoms with Crippen LogP contribution in [0.3, 0.4) is 0 Å². The summed E-state index contributed by atoms with van der Waals surface area (Å²) in [6.45, 7) is 2.22. The van der Waals surface area contributed by atoms with Crippen LogP contribution in [0.1, 0.15) is 25.3 Å². The van der Waals surface area contributed by atoms with Gasteiger partial charge in [-0.25, -0.2) is 18.3 Å². The standard InChI is InChI=1S/C21H32B6F2N6O2/c1-2-19(22,23)33(10-11-7-12(28)3-4-13(11)29)16-5-6-34-17(32-16)14(9-30-34)31-18(37)35-20(24,25)8-15(36)21(35,26)27/h3-7,9,15-16,32,36H,2,8,10,22-27H2,1H3,(H,31,37). The van der Waals surface area contributed by atoms with Crippen LogP contribution in [0, 0.1) is 11.6 Å². The van der Waals surface area contributed by atoms with Crippen molar-refractivity contribution in [2.45, 2.75) is 54.6 Å². The van der Waals surface area contributed by atoms with Crippen LogP contribution in [0.2, 0.25) is 0 Å². The third-order valence-corrected chi connectivity index (χ3v) is 7.95. The number of aliphatic hydroxyl groups excluding tert-OH is 1. The van der Waals surface area contributed by atoms with Crippen LogP contribution in [0.25, 0.3) is 6.20 Å². The van der Waals surface area contributed by atoms with Crippen LogP contribution in [-0.4, -0.2) is 106 Å². The normalized spacial score (nSPS) is 22.0. The van der Waals surface area contributed by atoms with E-state index in [1.54, 1.807) is 22.0 Å². The SMILES string of the molecule is BC(B)(CC)N(Cc1cc(F)ccc1F)C1C=Cn2ncc(NC(=O)N3C(B)(B)CC(O)C3(B)B)c2N1. The van der Waals surface area contributed by atoms with E-state index < -0.39 is 28.4 Å². The number of nitrogens with one attached hydrogen (secondary N) is 2. The van der Waals surface area contributed by atoms with Crippen molar-refractivity contribution in [3.8, 4) is 0 Å². The molecule has 0 radical (unpaired) electrons. The number of rotatable bonds is 6. The Morgan fingerprint density at radius 1 is 1.32 bits per heavy atom. The van der Waals surface area contributed by atoms with E-state index in [9.17, 15) is 18.7 Å². The average Bonchev–Trinajstić information content (AvgIpc) is 3.27. The number of urea groups is 1. The molecule has 0 aliphatic carbocycles. The summed E-state index contributed by atoms with van der Waals surface area (Å²) < 4.78 is 30.1. The molecule has 0 spiro atoms. The van der Waals surface area contributed by atoms with Crippen molar-refractivity contribution >= 4 is 70.8 Å². The number of carbonyl (C=O) groups excluding carboxylic acids is 1. The Labute approximate surface area is 222 Å². The van der Waals surface area contributed by atoms with Gasteiger partial charge in [-0.1, -0.05) is 13.3 Å². The lowest BCUT2D eigenvalue weighted by Gasteiger charge is -2.44. The zero-order valence-corrected chi connectivity index (χ0v) is 22.6. The van der Waals surface area contributed by atoms with Crippen LogP contribution in [0.15, 0.2) is 30.5 Å². The number of benzene rings is 1. The highest BCUT2D eigenvalue weighted by Gasteiger charge is 2.52. The highest BCUT2D eigenvalue weighted by molar-refractivity contribution is 6.47. The second-order valence-electron chi connectivity index (χ2n) is 11.8. The molecule has 2 atom stereocenters. The second kappa shape index (κ2) is 9.62. The van der Waals surface area contributed by atoms with Gasteiger partial charge < -0.3 is 20.6 Å². The number of anilines is 2. The van der Waals surface area contributed by atoms with E-state index in [1.807, 2.05) is 44.4 Å². The van der Waals surface area contributed by atoms with Gasteiger partial charge in [0.15, 0.2) is 5.82 Å². The quantitative estimate of drug-likeness (QED) is 0.359. The van der Waals surface area contributed by atoms with Crippen molar-refractivity contribution in [3.63, 3.8) is 0 Å². The predicted molar refractivity (Wildman–Crippen MR) is 158 cm³/mol. The first-order valence-corrected chi connectivity index (χ1v) is 12.7. The van der Waals surface area contributed by atoms with Gasteiger partial charge in [0, 0.05) is 23.6 Å². The summed E-state index contributed by atoms with van der Waals surface area (Å²) in [4.78, 5) is 17.2. The monoisotopic (exact) mass is 504 g/mol. The number of likely N-dealkylation sites (tertiary alicyclic amines) is 1. The molecular weight excluding hydrogens is 471 g/mol. The summed E-state index contributed by atoms with van der Waals surface area (Å²) in [6.07, 6.45) is 5.48. The number of aliphatic hydroxyl groups is 1. The zero-order valence-electron chi connectivity index (χ0n) is 22.6. The van der Waals surface area contributed by atoms with Gasteiger partial charge in [-0.15, -0.1) is 0 Å². The number of aromatic nitrogens is 2. The summed E-state index contributed by atoms with van der Waals surface area (Å²) in [7, 11) is 11.7. The molecule has 1 aromatic carbocycles. The average molecular weight is 503 g/mol. The van der Waals surface area contributed by atoms with Gasteiger partial charge >= 0.3 is 6.03 Å². The molecule has 16 heteroatoms. The number of nitrogens with zero attached hydrogens (tertiary/aromatic N) is 4. The van der Waals surface area contributed by atoms with Gasteiger partial charge in [0.05, 0.1) is 12.3 Å². The molecule has 3 heterocycles. The molecule has 4 rings (SSSR count). The second-order valence-corrected chi connectivity index (χ2v) is 11.8. The molecule has 1 fully saturated rings. The molecule has 190 valence electrons. The maximum atomic E-state index is 14.6. The fourth-order valence-corrected chi connectivity index (χ4v) is 5.43. The minimum Gasteiger partial charge on any atom is -0.392 e. The van der Waals surface area contributed by atoms with Gasteiger partial charge in [-0.3, -0.25) is 4.90 Å². The number of hydrogen-bond donors (Lipinski definition) is 3. The highest BCUT2D eigenvalue weighted by Crippen LogP contribution is 2.36. The molecule has 2 aliphatic rings. The number of hydrogen-bond acceptors (Lipinski definition) is 5. The Kier molecular flexibility index (Phi) is 7.13. The molecule has 2 amide bonds. The molecule has 37 heavy (non-hydrogen) atoms. The maximum Gasteiger partial charge on any atom is 0.320 e. The van der Waals surface area contributed by atoms with Crippen LogP contribution in [0.5, 0.6) is 0 Å². The lowest BCUT2D eigenvalue weighted by atomic mass is 9.58. The number of fused-ring (bicyclic) bond motifs is 1. The Morgan fingerprint density at radius 2 is 2.03 bits per heavy atom. The third-order valence-electron chi connectivity index (χ3n) is 7.95. The lowest BCUT2D eigenvalue weighted by Crippen LogP contribution is -2.61. The van der Waals surface area contributed by atoms with Crippen LogP contribution >= 0.6 is 0 Å². The minimum absolute atomic E-state index is 0.177. The Bertz CT molecular complexity index is 1230. The minimum atomic E-state index is -0.742. The van der Waals surface area contributed by atoms with E-state index in [0.29, 0.717) is 17.9 Å². The molecule has 2 aromatic rings. The van der Waals surface area contributed by atoms with Crippen molar-refractivity contribution in [2.24, 2.45) is 0 Å². The molecule has 0 saturated carbocycles. The molecule has 0 bridgehead atoms. The van der Waals surface area contributed by atoms with E-state index in [4.69, 9.17) is 0 Å². The molecule has 2 unspecified atom stereocenters. The van der Waals surface area contributed by atoms with E-state index >= 15 is 0 Å². The predicted octanol–water partition coefficient (Wildman–Crippen LogP) is -3.35. The summed E-state index contributed by atoms with van der Waals surface area (Å²) >= 11 is 0. The highest BCUT2D eigenvalue weighted by atomic mass is 19.1. The number of amides is 2. The van der Waals surface area contributed by atoms with Gasteiger partial charge in [-0.05, 0) is 41.4 Å². The topological polar surface area (TPSA) is 85.7 Å². The van der Waals surface area contributed by atoms with Crippen molar-refractivity contribution in [1.29, 1.82) is 0 Å². The molecule has 3 N–H and O–H groups in total. The van der Waals surface area contributed by atoms with Crippen molar-refractivity contribution in [2.75, 3.05) is 10.6 Å². The number of carbonyl (C=O) groups is 1. The Morgan fingerprint density at radius 3 is 2.65 bits per heavy atom. The van der Waals surface area contributed by atoms with Gasteiger partial charge in [-0.2, -0.15) is 5.10 Å². The largest absolute Gasteiger partial charge is 0.392 e. The Balaban J connectivity index is 1.60. The van der Waals surface area contributed by atoms with Crippen LogP contribution in [-0.2, 0) is 6.54 Å². The lowest BCUT2D eigenvalue weighted by molar-refractivity contribution is 0.141. The van der Waals surface area contributed by atoms with Crippen molar-refractivity contribution < 1.29 is 18.7 Å². The fraction of sp³-hybridized carbons (Fsp3) is 0.429. The van der Waals surface area contributed by atoms with Crippen LogP contribution in [0.4, 0.5) is 25.1 Å². The number of halogens is 2. The van der Waals surface area contributed by atoms with E-state index in [1.165, 1.54) is 6.07 Å². The summed E-state index contributed by atoms with van der Waals surface area (Å²) in [6, 6.07) is 3.16. The smallest absolute Gasteiger partial charge is 0.320 e. The first-order chi connectivity index (χ1) is 17.2. The van der Waals surface area contributed by atoms with Gasteiger partial charge in [0.2, 0.25) is 0 Å². The first-order valence-electron chi connectivity index (χ1n) is 12.7. The maximum absolute atomic E-state index is 14.6. The first kappa shape index (κ1) is 27.4. The zero-order chi connectivity index (χ0) is 27.3. The summed E-state index contributed by atoms with van der Waals surface area (Å²) in [5, 5.41) is 19.7. The van der Waals surface area contributed by atoms with Gasteiger partial charge in [0.25, 0.3) is 0 Å². The van der Waals surface area contributed by atoms with Crippen molar-refractivity contribution in [1.82, 2.24) is 19.6 Å². The van der Waals surface area contributed by atoms with E-state index in [-0.39, 0.29) is 29.6 Å². The van der Waals surface area contributed by atoms with E-state index in [0.717, 1.165) is 18.6 Å². The molecule has 1 aromatic heterocycles. The summed E-state index contributed by atoms with van der Waals surface area (Å²) in [5.41, 5.74) is 0.750. The van der Waals surface area contributed by atoms with Crippen molar-refractivity contribution in [3.05, 3.63) is 47.7 Å². The molecule has 1 saturated heterocycles. The molecular formula is C21H32B6F2N6O2. The Hall–Kier alpha value is -2.59. The summed E-state index contributed by atoms with van der Waals surface area (Å²) in [5.74, 6) is -0.374. The molecule has 2 aliphatic heterocycles. The van der Waals surface area contributed by atoms with Gasteiger partial charge in [0.1, 0.15) is 70.6 Å².